The number of nitrogens with one attached hydrogen (secondary N) is 1. The number of thiophene rings is 1. The van der Waals surface area contributed by atoms with Gasteiger partial charge in [-0.25, -0.2) is 14.6 Å². The van der Waals surface area contributed by atoms with Gasteiger partial charge in [0.1, 0.15) is 16.4 Å². The van der Waals surface area contributed by atoms with E-state index >= 15 is 0 Å². The molecular weight excluding hydrogens is 361 g/mol. The van der Waals surface area contributed by atoms with Gasteiger partial charge in [-0.3, -0.25) is 0 Å². The number of anilines is 2. The van der Waals surface area contributed by atoms with Crippen molar-refractivity contribution in [2.24, 2.45) is 5.73 Å². The van der Waals surface area contributed by atoms with Crippen LogP contribution >= 0.6 is 22.9 Å². The van der Waals surface area contributed by atoms with Crippen LogP contribution in [0.1, 0.15) is 15.9 Å². The van der Waals surface area contributed by atoms with Gasteiger partial charge in [0.15, 0.2) is 0 Å². The highest BCUT2D eigenvalue weighted by atomic mass is 35.5. The summed E-state index contributed by atoms with van der Waals surface area (Å²) >= 11 is 6.39. The number of halogens is 4. The molecule has 0 aliphatic rings. The van der Waals surface area contributed by atoms with E-state index in [2.05, 4.69) is 20.0 Å². The van der Waals surface area contributed by atoms with Gasteiger partial charge in [0.2, 0.25) is 5.28 Å². The molecule has 3 N–H and O–H groups in total. The molecule has 0 saturated carbocycles. The molecule has 0 bridgehead atoms. The molecule has 2 aromatic rings. The van der Waals surface area contributed by atoms with Crippen LogP contribution in [-0.2, 0) is 10.9 Å². The first-order valence-electron chi connectivity index (χ1n) is 5.64. The highest BCUT2D eigenvalue weighted by Crippen LogP contribution is 2.36. The van der Waals surface area contributed by atoms with Crippen molar-refractivity contribution in [3.63, 3.8) is 0 Å². The molecule has 1 amide bonds. The number of primary amides is 1. The summed E-state index contributed by atoms with van der Waals surface area (Å²) in [7, 11) is 0. The molecule has 0 spiro atoms. The standard InChI is InChI=1S/C11H6ClF3N4O3S/c12-9-17-3-5(11(13,14)15)6(19-9)18-7-4(1-2-23-7)8(20)22-10(16)21/h1-3H,(H2,16,21)(H,17,18,19). The molecular formula is C11H6ClF3N4O3S. The Hall–Kier alpha value is -2.40. The van der Waals surface area contributed by atoms with Crippen molar-refractivity contribution in [2.45, 2.75) is 6.18 Å². The Morgan fingerprint density at radius 1 is 1.39 bits per heavy atom. The molecule has 0 saturated heterocycles. The van der Waals surface area contributed by atoms with Gasteiger partial charge in [-0.15, -0.1) is 11.3 Å². The molecule has 23 heavy (non-hydrogen) atoms. The van der Waals surface area contributed by atoms with Crippen molar-refractivity contribution in [1.82, 2.24) is 9.97 Å². The highest BCUT2D eigenvalue weighted by Gasteiger charge is 2.35. The SMILES string of the molecule is NC(=O)OC(=O)c1ccsc1Nc1nc(Cl)ncc1C(F)(F)F. The van der Waals surface area contributed by atoms with Crippen LogP contribution in [0, 0.1) is 0 Å². The van der Waals surface area contributed by atoms with Crippen molar-refractivity contribution in [2.75, 3.05) is 5.32 Å². The fourth-order valence-corrected chi connectivity index (χ4v) is 2.39. The van der Waals surface area contributed by atoms with E-state index in [4.69, 9.17) is 17.3 Å². The molecule has 7 nitrogen and oxygen atoms in total. The number of carbonyl (C=O) groups is 2. The molecule has 0 unspecified atom stereocenters. The van der Waals surface area contributed by atoms with Gasteiger partial charge >= 0.3 is 18.2 Å². The third-order valence-corrected chi connectivity index (χ3v) is 3.39. The number of carbonyl (C=O) groups excluding carboxylic acids is 2. The molecule has 0 radical (unpaired) electrons. The van der Waals surface area contributed by atoms with E-state index in [-0.39, 0.29) is 10.6 Å². The number of ether oxygens (including phenoxy) is 1. The molecule has 2 rings (SSSR count). The van der Waals surface area contributed by atoms with Gasteiger partial charge in [-0.2, -0.15) is 18.2 Å². The largest absolute Gasteiger partial charge is 0.421 e. The molecule has 2 aromatic heterocycles. The topological polar surface area (TPSA) is 107 Å². The van der Waals surface area contributed by atoms with Crippen molar-refractivity contribution in [1.29, 1.82) is 0 Å². The van der Waals surface area contributed by atoms with E-state index in [1.165, 1.54) is 11.4 Å². The molecule has 0 fully saturated rings. The minimum atomic E-state index is -4.74. The summed E-state index contributed by atoms with van der Waals surface area (Å²) in [4.78, 5) is 29.0. The van der Waals surface area contributed by atoms with Crippen LogP contribution in [0.4, 0.5) is 28.8 Å². The third-order valence-electron chi connectivity index (χ3n) is 2.38. The molecule has 0 atom stereocenters. The first-order valence-corrected chi connectivity index (χ1v) is 6.90. The number of nitrogens with two attached hydrogens (primary N) is 1. The second kappa shape index (κ2) is 6.38. The number of aromatic nitrogens is 2. The Bertz CT molecular complexity index is 765. The molecule has 0 aromatic carbocycles. The predicted octanol–water partition coefficient (Wildman–Crippen LogP) is 3.19. The van der Waals surface area contributed by atoms with Crippen LogP contribution in [0.15, 0.2) is 17.6 Å². The zero-order chi connectivity index (χ0) is 17.2. The lowest BCUT2D eigenvalue weighted by Crippen LogP contribution is -2.19. The summed E-state index contributed by atoms with van der Waals surface area (Å²) in [5.74, 6) is -1.76. The smallest absolute Gasteiger partial charge is 0.373 e. The van der Waals surface area contributed by atoms with Crippen LogP contribution in [0.5, 0.6) is 0 Å². The fraction of sp³-hybridized carbons (Fsp3) is 0.0909. The van der Waals surface area contributed by atoms with Crippen molar-refractivity contribution in [3.8, 4) is 0 Å². The van der Waals surface area contributed by atoms with Crippen LogP contribution in [-0.4, -0.2) is 22.0 Å². The molecule has 0 aliphatic carbocycles. The third kappa shape index (κ3) is 4.07. The Kier molecular flexibility index (Phi) is 4.71. The summed E-state index contributed by atoms with van der Waals surface area (Å²) in [6.45, 7) is 0. The van der Waals surface area contributed by atoms with Gasteiger partial charge in [0, 0.05) is 6.20 Å². The zero-order valence-corrected chi connectivity index (χ0v) is 12.4. The number of hydrogen-bond donors (Lipinski definition) is 2. The second-order valence-corrected chi connectivity index (χ2v) is 5.15. The van der Waals surface area contributed by atoms with Crippen LogP contribution < -0.4 is 11.1 Å². The van der Waals surface area contributed by atoms with E-state index in [0.29, 0.717) is 6.20 Å². The highest BCUT2D eigenvalue weighted by molar-refractivity contribution is 7.14. The maximum Gasteiger partial charge on any atom is 0.421 e. The van der Waals surface area contributed by atoms with Crippen molar-refractivity contribution >= 4 is 45.8 Å². The van der Waals surface area contributed by atoms with Gasteiger partial charge in [-0.05, 0) is 23.0 Å². The van der Waals surface area contributed by atoms with E-state index in [9.17, 15) is 22.8 Å². The maximum absolute atomic E-state index is 12.9. The first-order chi connectivity index (χ1) is 10.7. The lowest BCUT2D eigenvalue weighted by Gasteiger charge is -2.12. The zero-order valence-electron chi connectivity index (χ0n) is 10.8. The van der Waals surface area contributed by atoms with Gasteiger partial charge in [0.05, 0.1) is 5.56 Å². The lowest BCUT2D eigenvalue weighted by atomic mass is 10.3. The molecule has 0 aliphatic heterocycles. The Morgan fingerprint density at radius 3 is 2.70 bits per heavy atom. The fourth-order valence-electron chi connectivity index (χ4n) is 1.48. The van der Waals surface area contributed by atoms with E-state index in [1.54, 1.807) is 0 Å². The van der Waals surface area contributed by atoms with Crippen molar-refractivity contribution < 1.29 is 27.5 Å². The summed E-state index contributed by atoms with van der Waals surface area (Å²) in [5, 5.41) is 3.28. The Morgan fingerprint density at radius 2 is 2.09 bits per heavy atom. The number of amides is 1. The number of alkyl halides is 3. The van der Waals surface area contributed by atoms with E-state index in [1.807, 2.05) is 0 Å². The Labute approximate surface area is 135 Å². The van der Waals surface area contributed by atoms with Gasteiger partial charge in [-0.1, -0.05) is 0 Å². The van der Waals surface area contributed by atoms with Gasteiger partial charge in [0.25, 0.3) is 0 Å². The maximum atomic E-state index is 12.9. The number of rotatable bonds is 3. The normalized spacial score (nSPS) is 11.1. The second-order valence-electron chi connectivity index (χ2n) is 3.90. The quantitative estimate of drug-likeness (QED) is 0.490. The summed E-state index contributed by atoms with van der Waals surface area (Å²) in [6.07, 6.45) is -5.57. The monoisotopic (exact) mass is 366 g/mol. The molecule has 122 valence electrons. The molecule has 12 heteroatoms. The van der Waals surface area contributed by atoms with Crippen molar-refractivity contribution in [3.05, 3.63) is 34.1 Å². The van der Waals surface area contributed by atoms with E-state index in [0.717, 1.165) is 11.3 Å². The minimum Gasteiger partial charge on any atom is -0.373 e. The summed E-state index contributed by atoms with van der Waals surface area (Å²) in [5.41, 5.74) is 3.36. The Balaban J connectivity index is 2.38. The summed E-state index contributed by atoms with van der Waals surface area (Å²) < 4.78 is 43.0. The lowest BCUT2D eigenvalue weighted by molar-refractivity contribution is -0.137. The minimum absolute atomic E-state index is 0.0310. The predicted molar refractivity (Wildman–Crippen MR) is 74.6 cm³/mol. The van der Waals surface area contributed by atoms with Crippen LogP contribution in [0.3, 0.4) is 0 Å². The first kappa shape index (κ1) is 17.0. The average molecular weight is 367 g/mol. The summed E-state index contributed by atoms with van der Waals surface area (Å²) in [6, 6.07) is 1.24. The van der Waals surface area contributed by atoms with E-state index < -0.39 is 34.9 Å². The number of hydrogen-bond acceptors (Lipinski definition) is 7. The number of esters is 1. The average Bonchev–Trinajstić information content (AvgIpc) is 2.84. The van der Waals surface area contributed by atoms with Crippen LogP contribution in [0.2, 0.25) is 5.28 Å². The van der Waals surface area contributed by atoms with Gasteiger partial charge < -0.3 is 15.8 Å². The number of nitrogens with zero attached hydrogens (tertiary/aromatic N) is 2. The molecule has 2 heterocycles. The van der Waals surface area contributed by atoms with Crippen LogP contribution in [0.25, 0.3) is 0 Å².